The summed E-state index contributed by atoms with van der Waals surface area (Å²) >= 11 is 2.00. The Morgan fingerprint density at radius 1 is 0.760 bits per heavy atom. The Hall–Kier alpha value is -5.45. The maximum Gasteiger partial charge on any atom is 0.180 e. The van der Waals surface area contributed by atoms with Gasteiger partial charge in [0.05, 0.1) is 4.75 Å². The van der Waals surface area contributed by atoms with Crippen LogP contribution in [0.5, 0.6) is 0 Å². The lowest BCUT2D eigenvalue weighted by atomic mass is 9.75. The molecule has 4 atom stereocenters. The van der Waals surface area contributed by atoms with E-state index in [1.807, 2.05) is 11.8 Å². The van der Waals surface area contributed by atoms with Gasteiger partial charge in [-0.05, 0) is 81.3 Å². The van der Waals surface area contributed by atoms with Crippen molar-refractivity contribution in [2.75, 3.05) is 0 Å². The van der Waals surface area contributed by atoms with Crippen molar-refractivity contribution in [2.24, 2.45) is 5.92 Å². The molecule has 0 bridgehead atoms. The second kappa shape index (κ2) is 11.3. The van der Waals surface area contributed by atoms with Crippen LogP contribution in [0.25, 0.3) is 55.1 Å². The fraction of sp³-hybridized carbons (Fsp3) is 0.130. The first kappa shape index (κ1) is 29.5. The van der Waals surface area contributed by atoms with E-state index < -0.39 is 0 Å². The van der Waals surface area contributed by atoms with E-state index in [0.29, 0.717) is 11.8 Å². The van der Waals surface area contributed by atoms with Crippen molar-refractivity contribution in [1.29, 1.82) is 0 Å². The molecular formula is C46H34N2OS. The smallest absolute Gasteiger partial charge is 0.180 e. The first-order valence-corrected chi connectivity index (χ1v) is 18.2. The van der Waals surface area contributed by atoms with Gasteiger partial charge in [-0.1, -0.05) is 128 Å². The fourth-order valence-corrected chi connectivity index (χ4v) is 9.86. The minimum atomic E-state index is -0.0435. The lowest BCUT2D eigenvalue weighted by Gasteiger charge is -2.35. The predicted molar refractivity (Wildman–Crippen MR) is 208 cm³/mol. The van der Waals surface area contributed by atoms with Crippen molar-refractivity contribution in [3.63, 3.8) is 0 Å². The summed E-state index contributed by atoms with van der Waals surface area (Å²) in [6, 6.07) is 39.6. The molecule has 0 spiro atoms. The highest BCUT2D eigenvalue weighted by molar-refractivity contribution is 8.01. The molecule has 0 N–H and O–H groups in total. The molecule has 1 aliphatic heterocycles. The molecule has 0 amide bonds. The van der Waals surface area contributed by atoms with Crippen LogP contribution in [-0.4, -0.2) is 14.7 Å². The summed E-state index contributed by atoms with van der Waals surface area (Å²) in [5, 5.41) is 3.47. The number of furan rings is 1. The van der Waals surface area contributed by atoms with Crippen LogP contribution in [0.2, 0.25) is 0 Å². The molecule has 5 aromatic carbocycles. The number of fused-ring (bicyclic) bond motifs is 7. The minimum Gasteiger partial charge on any atom is -0.452 e. The zero-order chi connectivity index (χ0) is 33.4. The van der Waals surface area contributed by atoms with E-state index in [-0.39, 0.29) is 10.7 Å². The Kier molecular flexibility index (Phi) is 6.66. The summed E-state index contributed by atoms with van der Waals surface area (Å²) < 4.78 is 6.48. The Morgan fingerprint density at radius 3 is 2.54 bits per heavy atom. The Labute approximate surface area is 295 Å². The highest BCUT2D eigenvalue weighted by atomic mass is 32.2. The van der Waals surface area contributed by atoms with Gasteiger partial charge in [0.15, 0.2) is 5.58 Å². The van der Waals surface area contributed by atoms with Crippen LogP contribution in [0.3, 0.4) is 0 Å². The van der Waals surface area contributed by atoms with Crippen molar-refractivity contribution in [2.45, 2.75) is 35.3 Å². The third kappa shape index (κ3) is 4.59. The number of allylic oxidation sites excluding steroid dienone is 7. The maximum atomic E-state index is 6.53. The van der Waals surface area contributed by atoms with Gasteiger partial charge in [0.25, 0.3) is 0 Å². The summed E-state index contributed by atoms with van der Waals surface area (Å²) in [6.45, 7) is 4.71. The first-order chi connectivity index (χ1) is 24.5. The van der Waals surface area contributed by atoms with Crippen molar-refractivity contribution >= 4 is 55.7 Å². The highest BCUT2D eigenvalue weighted by Crippen LogP contribution is 2.60. The SMILES string of the molecule is CC1C=CC(c2ncnc3c2oc2ccc(-c4ccc5ccccc5c4)cc23)=CC1c1cccc(C2=CC=CC3c4ccccc4SC23C)c1. The molecule has 0 radical (unpaired) electrons. The van der Waals surface area contributed by atoms with Gasteiger partial charge in [-0.2, -0.15) is 0 Å². The summed E-state index contributed by atoms with van der Waals surface area (Å²) in [4.78, 5) is 10.9. The molecule has 0 saturated heterocycles. The molecule has 4 unspecified atom stereocenters. The van der Waals surface area contributed by atoms with Crippen molar-refractivity contribution in [3.05, 3.63) is 174 Å². The number of thioether (sulfide) groups is 1. The summed E-state index contributed by atoms with van der Waals surface area (Å²) in [7, 11) is 0. The molecule has 7 aromatic rings. The van der Waals surface area contributed by atoms with Gasteiger partial charge < -0.3 is 4.42 Å². The summed E-state index contributed by atoms with van der Waals surface area (Å²) in [5.74, 6) is 0.892. The Morgan fingerprint density at radius 2 is 1.60 bits per heavy atom. The van der Waals surface area contributed by atoms with E-state index in [1.165, 1.54) is 43.5 Å². The van der Waals surface area contributed by atoms with E-state index in [1.54, 1.807) is 6.33 Å². The van der Waals surface area contributed by atoms with Crippen LogP contribution in [0.4, 0.5) is 0 Å². The molecular weight excluding hydrogens is 629 g/mol. The number of nitrogens with zero attached hydrogens (tertiary/aromatic N) is 2. The van der Waals surface area contributed by atoms with Gasteiger partial charge in [-0.25, -0.2) is 9.97 Å². The summed E-state index contributed by atoms with van der Waals surface area (Å²) in [5.41, 5.74) is 12.0. The zero-order valence-electron chi connectivity index (χ0n) is 27.9. The molecule has 3 heterocycles. The molecule has 4 heteroatoms. The predicted octanol–water partition coefficient (Wildman–Crippen LogP) is 12.2. The minimum absolute atomic E-state index is 0.0435. The number of aromatic nitrogens is 2. The van der Waals surface area contributed by atoms with Gasteiger partial charge in [-0.15, -0.1) is 11.8 Å². The van der Waals surface area contributed by atoms with E-state index in [4.69, 9.17) is 14.4 Å². The summed E-state index contributed by atoms with van der Waals surface area (Å²) in [6.07, 6.45) is 15.5. The van der Waals surface area contributed by atoms with Crippen LogP contribution < -0.4 is 0 Å². The first-order valence-electron chi connectivity index (χ1n) is 17.4. The van der Waals surface area contributed by atoms with E-state index >= 15 is 0 Å². The highest BCUT2D eigenvalue weighted by Gasteiger charge is 2.46. The topological polar surface area (TPSA) is 38.9 Å². The largest absolute Gasteiger partial charge is 0.452 e. The fourth-order valence-electron chi connectivity index (χ4n) is 8.32. The maximum absolute atomic E-state index is 6.53. The molecule has 2 aromatic heterocycles. The van der Waals surface area contributed by atoms with Crippen molar-refractivity contribution in [3.8, 4) is 11.1 Å². The van der Waals surface area contributed by atoms with Gasteiger partial charge in [0.2, 0.25) is 0 Å². The standard InChI is InChI=1S/C46H34N2OS/c1-28-17-18-35(26-37(28)33-11-7-12-34(24-33)39-14-8-15-40-36-13-5-6-16-42(36)50-46(39,40)2)43-45-44(48-27-47-43)38-25-32(21-22-41(38)49-45)31-20-19-29-9-3-4-10-30(29)23-31/h3-28,37,40H,1-2H3. The van der Waals surface area contributed by atoms with Crippen molar-refractivity contribution in [1.82, 2.24) is 9.97 Å². The zero-order valence-corrected chi connectivity index (χ0v) is 28.7. The van der Waals surface area contributed by atoms with E-state index in [9.17, 15) is 0 Å². The number of hydrogen-bond acceptors (Lipinski definition) is 4. The van der Waals surface area contributed by atoms with E-state index in [0.717, 1.165) is 38.9 Å². The third-order valence-corrected chi connectivity index (χ3v) is 12.5. The lowest BCUT2D eigenvalue weighted by Crippen LogP contribution is -2.27. The quantitative estimate of drug-likeness (QED) is 0.188. The third-order valence-electron chi connectivity index (χ3n) is 11.0. The van der Waals surface area contributed by atoms with Crippen LogP contribution in [-0.2, 0) is 0 Å². The van der Waals surface area contributed by atoms with E-state index in [2.05, 4.69) is 159 Å². The number of benzene rings is 5. The second-order valence-electron chi connectivity index (χ2n) is 14.0. The van der Waals surface area contributed by atoms with Gasteiger partial charge in [0.1, 0.15) is 23.1 Å². The van der Waals surface area contributed by atoms with Crippen LogP contribution >= 0.6 is 11.8 Å². The van der Waals surface area contributed by atoms with Crippen molar-refractivity contribution < 1.29 is 4.42 Å². The van der Waals surface area contributed by atoms with Gasteiger partial charge >= 0.3 is 0 Å². The Bertz CT molecular complexity index is 2640. The average Bonchev–Trinajstić information content (AvgIpc) is 3.69. The molecule has 3 aliphatic rings. The van der Waals surface area contributed by atoms with Crippen LogP contribution in [0.1, 0.15) is 48.1 Å². The van der Waals surface area contributed by atoms with Crippen LogP contribution in [0, 0.1) is 5.92 Å². The molecule has 10 rings (SSSR count). The molecule has 0 fully saturated rings. The Balaban J connectivity index is 1.01. The second-order valence-corrected chi connectivity index (χ2v) is 15.4. The van der Waals surface area contributed by atoms with Gasteiger partial charge in [0, 0.05) is 27.7 Å². The molecule has 3 nitrogen and oxygen atoms in total. The molecule has 240 valence electrons. The molecule has 2 aliphatic carbocycles. The lowest BCUT2D eigenvalue weighted by molar-refractivity contribution is 0.635. The van der Waals surface area contributed by atoms with Gasteiger partial charge in [-0.3, -0.25) is 0 Å². The molecule has 0 saturated carbocycles. The number of hydrogen-bond donors (Lipinski definition) is 0. The molecule has 50 heavy (non-hydrogen) atoms. The monoisotopic (exact) mass is 662 g/mol. The average molecular weight is 663 g/mol. The van der Waals surface area contributed by atoms with Crippen LogP contribution in [0.15, 0.2) is 161 Å². The number of rotatable bonds is 4. The normalized spacial score (nSPS) is 22.5.